The van der Waals surface area contributed by atoms with E-state index >= 15 is 0 Å². The molecule has 0 unspecified atom stereocenters. The zero-order valence-electron chi connectivity index (χ0n) is 8.40. The van der Waals surface area contributed by atoms with Crippen LogP contribution in [0.3, 0.4) is 0 Å². The zero-order chi connectivity index (χ0) is 11.4. The lowest BCUT2D eigenvalue weighted by molar-refractivity contribution is 0.592. The Morgan fingerprint density at radius 2 is 2.13 bits per heavy atom. The third kappa shape index (κ3) is 2.59. The molecule has 0 saturated heterocycles. The van der Waals surface area contributed by atoms with Gasteiger partial charge in [-0.3, -0.25) is 0 Å². The molecular formula is C10H13F2N3. The van der Waals surface area contributed by atoms with Crippen LogP contribution in [-0.2, 0) is 0 Å². The number of halogens is 2. The van der Waals surface area contributed by atoms with Crippen molar-refractivity contribution in [3.8, 4) is 0 Å². The topological polar surface area (TPSA) is 50.1 Å². The number of nitrogen functional groups attached to an aromatic ring is 1. The number of rotatable bonds is 4. The summed E-state index contributed by atoms with van der Waals surface area (Å²) in [7, 11) is 0. The Balaban J connectivity index is 2.93. The number of nitrogens with one attached hydrogen (secondary N) is 2. The highest BCUT2D eigenvalue weighted by molar-refractivity contribution is 5.59. The number of anilines is 2. The van der Waals surface area contributed by atoms with E-state index in [9.17, 15) is 8.78 Å². The summed E-state index contributed by atoms with van der Waals surface area (Å²) < 4.78 is 26.6. The van der Waals surface area contributed by atoms with Crippen LogP contribution in [0, 0.1) is 11.6 Å². The van der Waals surface area contributed by atoms with Gasteiger partial charge in [0.2, 0.25) is 0 Å². The van der Waals surface area contributed by atoms with Gasteiger partial charge in [0.05, 0.1) is 11.5 Å². The second-order valence-corrected chi connectivity index (χ2v) is 2.96. The van der Waals surface area contributed by atoms with E-state index in [-0.39, 0.29) is 11.4 Å². The number of hydrogen-bond donors (Lipinski definition) is 3. The summed E-state index contributed by atoms with van der Waals surface area (Å²) in [4.78, 5) is 0. The van der Waals surface area contributed by atoms with Crippen molar-refractivity contribution in [2.24, 2.45) is 0 Å². The van der Waals surface area contributed by atoms with Gasteiger partial charge in [0.1, 0.15) is 11.5 Å². The molecule has 15 heavy (non-hydrogen) atoms. The molecule has 0 spiro atoms. The van der Waals surface area contributed by atoms with Gasteiger partial charge in [-0.2, -0.15) is 0 Å². The fourth-order valence-electron chi connectivity index (χ4n) is 1.09. The maximum Gasteiger partial charge on any atom is 0.172 e. The van der Waals surface area contributed by atoms with E-state index in [1.54, 1.807) is 0 Å². The predicted molar refractivity (Wildman–Crippen MR) is 57.2 cm³/mol. The van der Waals surface area contributed by atoms with E-state index < -0.39 is 11.6 Å². The first-order valence-electron chi connectivity index (χ1n) is 4.49. The Labute approximate surface area is 87.0 Å². The lowest BCUT2D eigenvalue weighted by atomic mass is 10.2. The third-order valence-electron chi connectivity index (χ3n) is 1.79. The average Bonchev–Trinajstić information content (AvgIpc) is 2.19. The molecule has 0 aliphatic heterocycles. The van der Waals surface area contributed by atoms with Crippen molar-refractivity contribution in [3.05, 3.63) is 36.2 Å². The van der Waals surface area contributed by atoms with E-state index in [0.29, 0.717) is 12.4 Å². The summed E-state index contributed by atoms with van der Waals surface area (Å²) >= 11 is 0. The Hall–Kier alpha value is -1.78. The smallest absolute Gasteiger partial charge is 0.172 e. The summed E-state index contributed by atoms with van der Waals surface area (Å²) in [5.41, 5.74) is 4.91. The lowest BCUT2D eigenvalue weighted by Crippen LogP contribution is -2.19. The maximum atomic E-state index is 13.4. The molecule has 5 heteroatoms. The van der Waals surface area contributed by atoms with Gasteiger partial charge >= 0.3 is 0 Å². The Morgan fingerprint density at radius 3 is 2.73 bits per heavy atom. The molecule has 0 heterocycles. The predicted octanol–water partition coefficient (Wildman–Crippen LogP) is 2.04. The molecule has 0 aromatic heterocycles. The van der Waals surface area contributed by atoms with E-state index in [0.717, 1.165) is 6.07 Å². The molecule has 0 saturated carbocycles. The Bertz CT molecular complexity index is 377. The van der Waals surface area contributed by atoms with Crippen LogP contribution < -0.4 is 16.4 Å². The van der Waals surface area contributed by atoms with E-state index in [1.165, 1.54) is 6.07 Å². The molecule has 1 aromatic rings. The molecule has 0 amide bonds. The molecule has 1 rings (SSSR count). The number of hydrogen-bond acceptors (Lipinski definition) is 3. The molecule has 4 N–H and O–H groups in total. The normalized spacial score (nSPS) is 9.80. The fourth-order valence-corrected chi connectivity index (χ4v) is 1.09. The summed E-state index contributed by atoms with van der Waals surface area (Å²) in [6.45, 7) is 6.01. The van der Waals surface area contributed by atoms with Crippen molar-refractivity contribution >= 4 is 11.4 Å². The zero-order valence-corrected chi connectivity index (χ0v) is 8.40. The minimum atomic E-state index is -0.811. The summed E-state index contributed by atoms with van der Waals surface area (Å²) in [6, 6.07) is 2.27. The van der Waals surface area contributed by atoms with Gasteiger partial charge in [-0.15, -0.1) is 0 Å². The molecular weight excluding hydrogens is 200 g/mol. The highest BCUT2D eigenvalue weighted by Gasteiger charge is 2.11. The maximum absolute atomic E-state index is 13.4. The molecule has 0 aliphatic rings. The van der Waals surface area contributed by atoms with Crippen molar-refractivity contribution < 1.29 is 8.78 Å². The van der Waals surface area contributed by atoms with Gasteiger partial charge in [-0.25, -0.2) is 8.78 Å². The SMILES string of the molecule is C=C(NCC)Nc1c(F)ccc(N)c1F. The van der Waals surface area contributed by atoms with Gasteiger partial charge < -0.3 is 16.4 Å². The van der Waals surface area contributed by atoms with Crippen LogP contribution in [0.15, 0.2) is 24.5 Å². The minimum Gasteiger partial charge on any atom is -0.396 e. The van der Waals surface area contributed by atoms with Gasteiger partial charge in [0.25, 0.3) is 0 Å². The van der Waals surface area contributed by atoms with Crippen molar-refractivity contribution in [1.29, 1.82) is 0 Å². The van der Waals surface area contributed by atoms with Gasteiger partial charge in [0.15, 0.2) is 5.82 Å². The molecule has 0 aliphatic carbocycles. The quantitative estimate of drug-likeness (QED) is 0.671. The van der Waals surface area contributed by atoms with E-state index in [2.05, 4.69) is 17.2 Å². The van der Waals surface area contributed by atoms with Crippen molar-refractivity contribution in [2.75, 3.05) is 17.6 Å². The Morgan fingerprint density at radius 1 is 1.47 bits per heavy atom. The van der Waals surface area contributed by atoms with Crippen molar-refractivity contribution in [3.63, 3.8) is 0 Å². The first kappa shape index (κ1) is 11.3. The lowest BCUT2D eigenvalue weighted by Gasteiger charge is -2.12. The van der Waals surface area contributed by atoms with Crippen LogP contribution in [0.25, 0.3) is 0 Å². The van der Waals surface area contributed by atoms with Crippen LogP contribution in [-0.4, -0.2) is 6.54 Å². The standard InChI is InChI=1S/C10H13F2N3/c1-3-14-6(2)15-10-7(11)4-5-8(13)9(10)12/h4-5,14-15H,2-3,13H2,1H3. The molecule has 0 radical (unpaired) electrons. The number of benzene rings is 1. The monoisotopic (exact) mass is 213 g/mol. The first-order chi connectivity index (χ1) is 7.06. The van der Waals surface area contributed by atoms with E-state index in [4.69, 9.17) is 5.73 Å². The van der Waals surface area contributed by atoms with Crippen LogP contribution in [0.2, 0.25) is 0 Å². The largest absolute Gasteiger partial charge is 0.396 e. The molecule has 0 bridgehead atoms. The Kier molecular flexibility index (Phi) is 3.49. The van der Waals surface area contributed by atoms with Crippen LogP contribution in [0.4, 0.5) is 20.2 Å². The third-order valence-corrected chi connectivity index (χ3v) is 1.79. The summed E-state index contributed by atoms with van der Waals surface area (Å²) in [6.07, 6.45) is 0. The van der Waals surface area contributed by atoms with Crippen LogP contribution >= 0.6 is 0 Å². The molecule has 0 atom stereocenters. The van der Waals surface area contributed by atoms with Gasteiger partial charge in [0, 0.05) is 6.54 Å². The number of nitrogens with two attached hydrogens (primary N) is 1. The highest BCUT2D eigenvalue weighted by Crippen LogP contribution is 2.24. The molecule has 3 nitrogen and oxygen atoms in total. The van der Waals surface area contributed by atoms with E-state index in [1.807, 2.05) is 6.92 Å². The second kappa shape index (κ2) is 4.63. The van der Waals surface area contributed by atoms with Gasteiger partial charge in [-0.05, 0) is 19.1 Å². The average molecular weight is 213 g/mol. The van der Waals surface area contributed by atoms with Crippen LogP contribution in [0.1, 0.15) is 6.92 Å². The van der Waals surface area contributed by atoms with Crippen molar-refractivity contribution in [1.82, 2.24) is 5.32 Å². The van der Waals surface area contributed by atoms with Crippen LogP contribution in [0.5, 0.6) is 0 Å². The molecule has 1 aromatic carbocycles. The summed E-state index contributed by atoms with van der Waals surface area (Å²) in [5.74, 6) is -1.20. The first-order valence-corrected chi connectivity index (χ1v) is 4.49. The highest BCUT2D eigenvalue weighted by atomic mass is 19.1. The minimum absolute atomic E-state index is 0.108. The summed E-state index contributed by atoms with van der Waals surface area (Å²) in [5, 5.41) is 5.27. The van der Waals surface area contributed by atoms with Gasteiger partial charge in [-0.1, -0.05) is 6.58 Å². The molecule has 0 fully saturated rings. The second-order valence-electron chi connectivity index (χ2n) is 2.96. The van der Waals surface area contributed by atoms with Crippen molar-refractivity contribution in [2.45, 2.75) is 6.92 Å². The fraction of sp³-hybridized carbons (Fsp3) is 0.200. The molecule has 82 valence electrons.